The molecular weight excluding hydrogens is 298 g/mol. The van der Waals surface area contributed by atoms with Gasteiger partial charge in [-0.25, -0.2) is 0 Å². The van der Waals surface area contributed by atoms with Gasteiger partial charge < -0.3 is 14.8 Å². The zero-order chi connectivity index (χ0) is 17.2. The Balaban J connectivity index is 1.67. The van der Waals surface area contributed by atoms with Crippen LogP contribution in [0.4, 0.5) is 0 Å². The maximum Gasteiger partial charge on any atom is 0.251 e. The van der Waals surface area contributed by atoms with Gasteiger partial charge in [0.15, 0.2) is 0 Å². The summed E-state index contributed by atoms with van der Waals surface area (Å²) >= 11 is 0. The minimum atomic E-state index is 0.0119. The molecule has 0 bridgehead atoms. The number of hydrogen-bond donors (Lipinski definition) is 1. The number of unbranched alkanes of at least 4 members (excludes halogenated alkanes) is 2. The van der Waals surface area contributed by atoms with Gasteiger partial charge in [-0.1, -0.05) is 20.3 Å². The highest BCUT2D eigenvalue weighted by Gasteiger charge is 2.05. The zero-order valence-corrected chi connectivity index (χ0v) is 14.9. The van der Waals surface area contributed by atoms with Crippen molar-refractivity contribution in [3.63, 3.8) is 0 Å². The number of benzene rings is 1. The lowest BCUT2D eigenvalue weighted by molar-refractivity contribution is 0.0953. The van der Waals surface area contributed by atoms with Crippen LogP contribution in [0.15, 0.2) is 48.8 Å². The molecule has 1 aromatic heterocycles. The Morgan fingerprint density at radius 2 is 1.67 bits per heavy atom. The first-order chi connectivity index (χ1) is 11.7. The molecule has 1 N–H and O–H groups in total. The Kier molecular flexibility index (Phi) is 7.56. The predicted octanol–water partition coefficient (Wildman–Crippen LogP) is 3.72. The summed E-state index contributed by atoms with van der Waals surface area (Å²) in [4.78, 5) is 14.6. The first-order valence-electron chi connectivity index (χ1n) is 8.98. The van der Waals surface area contributed by atoms with E-state index in [1.165, 1.54) is 6.42 Å². The molecule has 24 heavy (non-hydrogen) atoms. The standard InChI is InChI=1S/C20H29N3O/c1-3-22(4-2)15-7-5-6-14-21-20(24)18-10-12-19(13-11-18)23-16-8-9-17-23/h8-13,16-17H,3-7,14-15H2,1-2H3,(H,21,24). The first-order valence-corrected chi connectivity index (χ1v) is 8.98. The van der Waals surface area contributed by atoms with Gasteiger partial charge in [0.05, 0.1) is 0 Å². The third kappa shape index (κ3) is 5.53. The molecular formula is C20H29N3O. The summed E-state index contributed by atoms with van der Waals surface area (Å²) < 4.78 is 2.03. The quantitative estimate of drug-likeness (QED) is 0.675. The van der Waals surface area contributed by atoms with Crippen molar-refractivity contribution < 1.29 is 4.79 Å². The maximum absolute atomic E-state index is 12.1. The SMILES string of the molecule is CCN(CC)CCCCCNC(=O)c1ccc(-n2cccc2)cc1. The van der Waals surface area contributed by atoms with Crippen LogP contribution in [0.5, 0.6) is 0 Å². The van der Waals surface area contributed by atoms with Crippen molar-refractivity contribution in [2.75, 3.05) is 26.2 Å². The Hall–Kier alpha value is -2.07. The number of rotatable bonds is 10. The summed E-state index contributed by atoms with van der Waals surface area (Å²) in [5, 5.41) is 3.01. The van der Waals surface area contributed by atoms with Crippen molar-refractivity contribution >= 4 is 5.91 Å². The fourth-order valence-electron chi connectivity index (χ4n) is 2.77. The van der Waals surface area contributed by atoms with Gasteiger partial charge in [-0.05, 0) is 68.9 Å². The van der Waals surface area contributed by atoms with Crippen molar-refractivity contribution in [1.82, 2.24) is 14.8 Å². The van der Waals surface area contributed by atoms with Crippen LogP contribution in [0, 0.1) is 0 Å². The summed E-state index contributed by atoms with van der Waals surface area (Å²) in [6, 6.07) is 11.7. The van der Waals surface area contributed by atoms with E-state index in [9.17, 15) is 4.79 Å². The average Bonchev–Trinajstić information content (AvgIpc) is 3.16. The van der Waals surface area contributed by atoms with Crippen LogP contribution in [-0.2, 0) is 0 Å². The Morgan fingerprint density at radius 1 is 1.00 bits per heavy atom. The van der Waals surface area contributed by atoms with Crippen molar-refractivity contribution in [3.05, 3.63) is 54.4 Å². The van der Waals surface area contributed by atoms with Crippen molar-refractivity contribution in [3.8, 4) is 5.69 Å². The molecule has 130 valence electrons. The van der Waals surface area contributed by atoms with E-state index >= 15 is 0 Å². The topological polar surface area (TPSA) is 37.3 Å². The molecule has 0 aliphatic carbocycles. The Labute approximate surface area is 145 Å². The molecule has 0 radical (unpaired) electrons. The van der Waals surface area contributed by atoms with Gasteiger partial charge in [-0.3, -0.25) is 4.79 Å². The number of amides is 1. The molecule has 0 unspecified atom stereocenters. The maximum atomic E-state index is 12.1. The van der Waals surface area contributed by atoms with E-state index in [4.69, 9.17) is 0 Å². The van der Waals surface area contributed by atoms with E-state index in [-0.39, 0.29) is 5.91 Å². The van der Waals surface area contributed by atoms with Crippen molar-refractivity contribution in [1.29, 1.82) is 0 Å². The molecule has 0 aliphatic heterocycles. The van der Waals surface area contributed by atoms with Gasteiger partial charge in [0.25, 0.3) is 5.91 Å². The molecule has 0 saturated carbocycles. The molecule has 0 atom stereocenters. The zero-order valence-electron chi connectivity index (χ0n) is 14.9. The van der Waals surface area contributed by atoms with Gasteiger partial charge in [0.1, 0.15) is 0 Å². The van der Waals surface area contributed by atoms with Crippen LogP contribution in [0.2, 0.25) is 0 Å². The lowest BCUT2D eigenvalue weighted by Crippen LogP contribution is -2.25. The van der Waals surface area contributed by atoms with E-state index in [0.717, 1.165) is 44.7 Å². The molecule has 0 fully saturated rings. The third-order valence-electron chi connectivity index (χ3n) is 4.36. The fourth-order valence-corrected chi connectivity index (χ4v) is 2.77. The number of carbonyl (C=O) groups excluding carboxylic acids is 1. The number of aromatic nitrogens is 1. The minimum absolute atomic E-state index is 0.0119. The molecule has 4 nitrogen and oxygen atoms in total. The van der Waals surface area contributed by atoms with Gasteiger partial charge >= 0.3 is 0 Å². The van der Waals surface area contributed by atoms with Crippen LogP contribution in [0.25, 0.3) is 5.69 Å². The highest BCUT2D eigenvalue weighted by atomic mass is 16.1. The summed E-state index contributed by atoms with van der Waals surface area (Å²) in [5.41, 5.74) is 1.78. The van der Waals surface area contributed by atoms with Gasteiger partial charge in [0, 0.05) is 30.2 Å². The molecule has 4 heteroatoms. The second-order valence-corrected chi connectivity index (χ2v) is 5.98. The van der Waals surface area contributed by atoms with Crippen LogP contribution in [-0.4, -0.2) is 41.6 Å². The summed E-state index contributed by atoms with van der Waals surface area (Å²) in [6.07, 6.45) is 7.38. The van der Waals surface area contributed by atoms with Gasteiger partial charge in [0.2, 0.25) is 0 Å². The van der Waals surface area contributed by atoms with Crippen LogP contribution >= 0.6 is 0 Å². The van der Waals surface area contributed by atoms with E-state index in [0.29, 0.717) is 5.56 Å². The van der Waals surface area contributed by atoms with Crippen LogP contribution in [0.3, 0.4) is 0 Å². The lowest BCUT2D eigenvalue weighted by atomic mass is 10.2. The number of nitrogens with one attached hydrogen (secondary N) is 1. The second kappa shape index (κ2) is 9.93. The molecule has 0 aliphatic rings. The largest absolute Gasteiger partial charge is 0.352 e. The summed E-state index contributed by atoms with van der Waals surface area (Å²) in [5.74, 6) is 0.0119. The monoisotopic (exact) mass is 327 g/mol. The van der Waals surface area contributed by atoms with Crippen LogP contribution < -0.4 is 5.32 Å². The van der Waals surface area contributed by atoms with E-state index in [2.05, 4.69) is 24.1 Å². The summed E-state index contributed by atoms with van der Waals surface area (Å²) in [6.45, 7) is 8.54. The highest BCUT2D eigenvalue weighted by Crippen LogP contribution is 2.10. The molecule has 1 heterocycles. The Bertz CT molecular complexity index is 586. The highest BCUT2D eigenvalue weighted by molar-refractivity contribution is 5.94. The molecule has 0 saturated heterocycles. The Morgan fingerprint density at radius 3 is 2.29 bits per heavy atom. The van der Waals surface area contributed by atoms with E-state index in [1.807, 2.05) is 53.4 Å². The lowest BCUT2D eigenvalue weighted by Gasteiger charge is -2.17. The number of hydrogen-bond acceptors (Lipinski definition) is 2. The smallest absolute Gasteiger partial charge is 0.251 e. The van der Waals surface area contributed by atoms with E-state index < -0.39 is 0 Å². The minimum Gasteiger partial charge on any atom is -0.352 e. The van der Waals surface area contributed by atoms with Crippen molar-refractivity contribution in [2.24, 2.45) is 0 Å². The molecule has 0 spiro atoms. The van der Waals surface area contributed by atoms with Crippen LogP contribution in [0.1, 0.15) is 43.5 Å². The fraction of sp³-hybridized carbons (Fsp3) is 0.450. The first kappa shape index (κ1) is 18.3. The summed E-state index contributed by atoms with van der Waals surface area (Å²) in [7, 11) is 0. The molecule has 2 aromatic rings. The molecule has 1 aromatic carbocycles. The molecule has 2 rings (SSSR count). The molecule has 1 amide bonds. The second-order valence-electron chi connectivity index (χ2n) is 5.98. The predicted molar refractivity (Wildman–Crippen MR) is 99.7 cm³/mol. The van der Waals surface area contributed by atoms with Crippen molar-refractivity contribution in [2.45, 2.75) is 33.1 Å². The van der Waals surface area contributed by atoms with Gasteiger partial charge in [-0.2, -0.15) is 0 Å². The third-order valence-corrected chi connectivity index (χ3v) is 4.36. The van der Waals surface area contributed by atoms with E-state index in [1.54, 1.807) is 0 Å². The average molecular weight is 327 g/mol. The number of carbonyl (C=O) groups is 1. The number of nitrogens with zero attached hydrogens (tertiary/aromatic N) is 2. The van der Waals surface area contributed by atoms with Gasteiger partial charge in [-0.15, -0.1) is 0 Å². The normalized spacial score (nSPS) is 11.0.